The van der Waals surface area contributed by atoms with Gasteiger partial charge in [-0.05, 0) is 42.3 Å². The Kier molecular flexibility index (Phi) is 7.32. The molecule has 1 rings (SSSR count). The van der Waals surface area contributed by atoms with Crippen molar-refractivity contribution in [3.8, 4) is 0 Å². The molecule has 0 radical (unpaired) electrons. The standard InChI is InChI=1S/C11H17BrN2OS.ClH/c1-11(2,13)7-14-10(15)4-3-9-5-8(12)6-16-9;/h5-6H,3-4,7,13H2,1-2H3,(H,14,15);1H. The van der Waals surface area contributed by atoms with Crippen molar-refractivity contribution in [2.75, 3.05) is 6.54 Å². The lowest BCUT2D eigenvalue weighted by Crippen LogP contribution is -2.45. The van der Waals surface area contributed by atoms with Crippen LogP contribution < -0.4 is 11.1 Å². The quantitative estimate of drug-likeness (QED) is 0.865. The molecule has 0 bridgehead atoms. The Morgan fingerprint density at radius 3 is 2.71 bits per heavy atom. The van der Waals surface area contributed by atoms with Crippen molar-refractivity contribution in [3.05, 3.63) is 20.8 Å². The highest BCUT2D eigenvalue weighted by Crippen LogP contribution is 2.20. The van der Waals surface area contributed by atoms with Gasteiger partial charge in [-0.3, -0.25) is 4.79 Å². The Hall–Kier alpha value is -0.100. The van der Waals surface area contributed by atoms with Crippen LogP contribution in [0, 0.1) is 0 Å². The van der Waals surface area contributed by atoms with E-state index >= 15 is 0 Å². The highest BCUT2D eigenvalue weighted by Gasteiger charge is 2.12. The third-order valence-electron chi connectivity index (χ3n) is 1.96. The van der Waals surface area contributed by atoms with Crippen LogP contribution in [0.5, 0.6) is 0 Å². The fourth-order valence-corrected chi connectivity index (χ4v) is 2.59. The second-order valence-corrected chi connectivity index (χ2v) is 6.41. The number of nitrogens with one attached hydrogen (secondary N) is 1. The fourth-order valence-electron chi connectivity index (χ4n) is 1.14. The molecule has 1 aromatic heterocycles. The molecule has 6 heteroatoms. The minimum absolute atomic E-state index is 0. The van der Waals surface area contributed by atoms with Crippen molar-refractivity contribution in [2.24, 2.45) is 5.73 Å². The summed E-state index contributed by atoms with van der Waals surface area (Å²) in [5, 5.41) is 4.85. The van der Waals surface area contributed by atoms with E-state index in [2.05, 4.69) is 21.2 Å². The summed E-state index contributed by atoms with van der Waals surface area (Å²) in [6, 6.07) is 2.05. The van der Waals surface area contributed by atoms with Crippen LogP contribution in [-0.4, -0.2) is 18.0 Å². The first-order valence-corrected chi connectivity index (χ1v) is 6.82. The summed E-state index contributed by atoms with van der Waals surface area (Å²) in [6.07, 6.45) is 1.30. The van der Waals surface area contributed by atoms with Gasteiger partial charge in [0.05, 0.1) is 0 Å². The Morgan fingerprint density at radius 1 is 1.59 bits per heavy atom. The van der Waals surface area contributed by atoms with E-state index in [1.807, 2.05) is 25.3 Å². The maximum absolute atomic E-state index is 11.5. The number of carbonyl (C=O) groups excluding carboxylic acids is 1. The Balaban J connectivity index is 0.00000256. The van der Waals surface area contributed by atoms with Gasteiger partial charge in [-0.15, -0.1) is 23.7 Å². The normalized spacial score (nSPS) is 10.8. The van der Waals surface area contributed by atoms with Crippen molar-refractivity contribution in [1.29, 1.82) is 0 Å². The molecule has 1 amide bonds. The molecule has 3 nitrogen and oxygen atoms in total. The lowest BCUT2D eigenvalue weighted by atomic mass is 10.1. The molecule has 0 fully saturated rings. The molecule has 0 aliphatic carbocycles. The summed E-state index contributed by atoms with van der Waals surface area (Å²) in [7, 11) is 0. The molecular formula is C11H18BrClN2OS. The number of nitrogens with two attached hydrogens (primary N) is 1. The van der Waals surface area contributed by atoms with E-state index in [1.165, 1.54) is 4.88 Å². The minimum Gasteiger partial charge on any atom is -0.354 e. The van der Waals surface area contributed by atoms with Crippen LogP contribution in [0.15, 0.2) is 15.9 Å². The molecule has 0 spiro atoms. The summed E-state index contributed by atoms with van der Waals surface area (Å²) < 4.78 is 1.08. The molecule has 1 heterocycles. The molecule has 0 aliphatic heterocycles. The number of hydrogen-bond donors (Lipinski definition) is 2. The number of rotatable bonds is 5. The van der Waals surface area contributed by atoms with E-state index in [4.69, 9.17) is 5.73 Å². The summed E-state index contributed by atoms with van der Waals surface area (Å²) >= 11 is 5.05. The first kappa shape index (κ1) is 16.9. The van der Waals surface area contributed by atoms with E-state index in [0.29, 0.717) is 13.0 Å². The second-order valence-electron chi connectivity index (χ2n) is 4.50. The molecule has 3 N–H and O–H groups in total. The number of aryl methyl sites for hydroxylation is 1. The van der Waals surface area contributed by atoms with E-state index < -0.39 is 0 Å². The maximum Gasteiger partial charge on any atom is 0.220 e. The summed E-state index contributed by atoms with van der Waals surface area (Å²) in [5.41, 5.74) is 5.43. The predicted octanol–water partition coefficient (Wildman–Crippen LogP) is 2.72. The van der Waals surface area contributed by atoms with Crippen molar-refractivity contribution < 1.29 is 4.79 Å². The van der Waals surface area contributed by atoms with Crippen molar-refractivity contribution >= 4 is 45.6 Å². The first-order chi connectivity index (χ1) is 7.37. The molecule has 0 aromatic carbocycles. The van der Waals surface area contributed by atoms with Crippen LogP contribution in [0.25, 0.3) is 0 Å². The van der Waals surface area contributed by atoms with Gasteiger partial charge in [0.2, 0.25) is 5.91 Å². The largest absolute Gasteiger partial charge is 0.354 e. The van der Waals surface area contributed by atoms with Crippen LogP contribution >= 0.6 is 39.7 Å². The molecule has 0 unspecified atom stereocenters. The average molecular weight is 342 g/mol. The third-order valence-corrected chi connectivity index (χ3v) is 3.72. The highest BCUT2D eigenvalue weighted by molar-refractivity contribution is 9.10. The maximum atomic E-state index is 11.5. The van der Waals surface area contributed by atoms with Gasteiger partial charge in [0.1, 0.15) is 0 Å². The fraction of sp³-hybridized carbons (Fsp3) is 0.545. The molecular weight excluding hydrogens is 324 g/mol. The third kappa shape index (κ3) is 7.76. The Bertz CT molecular complexity index is 363. The monoisotopic (exact) mass is 340 g/mol. The van der Waals surface area contributed by atoms with Gasteiger partial charge >= 0.3 is 0 Å². The van der Waals surface area contributed by atoms with Crippen molar-refractivity contribution in [1.82, 2.24) is 5.32 Å². The van der Waals surface area contributed by atoms with Gasteiger partial charge < -0.3 is 11.1 Å². The zero-order valence-electron chi connectivity index (χ0n) is 9.96. The topological polar surface area (TPSA) is 55.1 Å². The van der Waals surface area contributed by atoms with E-state index in [-0.39, 0.29) is 23.9 Å². The predicted molar refractivity (Wildman–Crippen MR) is 78.9 cm³/mol. The molecule has 98 valence electrons. The van der Waals surface area contributed by atoms with Crippen LogP contribution in [0.2, 0.25) is 0 Å². The summed E-state index contributed by atoms with van der Waals surface area (Å²) in [6.45, 7) is 4.30. The zero-order valence-corrected chi connectivity index (χ0v) is 13.2. The van der Waals surface area contributed by atoms with Gasteiger partial charge in [0.15, 0.2) is 0 Å². The molecule has 0 saturated carbocycles. The average Bonchev–Trinajstić information content (AvgIpc) is 2.57. The van der Waals surface area contributed by atoms with E-state index in [1.54, 1.807) is 11.3 Å². The number of carbonyl (C=O) groups is 1. The molecule has 0 aliphatic rings. The smallest absolute Gasteiger partial charge is 0.220 e. The SMILES string of the molecule is CC(C)(N)CNC(=O)CCc1cc(Br)cs1.Cl. The first-order valence-electron chi connectivity index (χ1n) is 5.15. The molecule has 0 saturated heterocycles. The van der Waals surface area contributed by atoms with Gasteiger partial charge in [-0.25, -0.2) is 0 Å². The Labute approximate surface area is 121 Å². The van der Waals surface area contributed by atoms with Crippen LogP contribution in [0.1, 0.15) is 25.1 Å². The van der Waals surface area contributed by atoms with E-state index in [0.717, 1.165) is 10.9 Å². The zero-order chi connectivity index (χ0) is 12.2. The molecule has 17 heavy (non-hydrogen) atoms. The van der Waals surface area contributed by atoms with Crippen LogP contribution in [0.4, 0.5) is 0 Å². The van der Waals surface area contributed by atoms with Crippen molar-refractivity contribution in [2.45, 2.75) is 32.2 Å². The lowest BCUT2D eigenvalue weighted by molar-refractivity contribution is -0.121. The van der Waals surface area contributed by atoms with Gasteiger partial charge in [0.25, 0.3) is 0 Å². The van der Waals surface area contributed by atoms with Crippen LogP contribution in [-0.2, 0) is 11.2 Å². The highest BCUT2D eigenvalue weighted by atomic mass is 79.9. The van der Waals surface area contributed by atoms with E-state index in [9.17, 15) is 4.79 Å². The summed E-state index contributed by atoms with van der Waals surface area (Å²) in [4.78, 5) is 12.7. The molecule has 1 aromatic rings. The number of amides is 1. The number of halogens is 2. The number of thiophene rings is 1. The second kappa shape index (κ2) is 7.36. The van der Waals surface area contributed by atoms with Gasteiger partial charge in [-0.2, -0.15) is 0 Å². The molecule has 0 atom stereocenters. The summed E-state index contributed by atoms with van der Waals surface area (Å²) in [5.74, 6) is 0.0584. The lowest BCUT2D eigenvalue weighted by Gasteiger charge is -2.18. The minimum atomic E-state index is -0.346. The van der Waals surface area contributed by atoms with Crippen molar-refractivity contribution in [3.63, 3.8) is 0 Å². The number of hydrogen-bond acceptors (Lipinski definition) is 3. The van der Waals surface area contributed by atoms with Crippen LogP contribution in [0.3, 0.4) is 0 Å². The van der Waals surface area contributed by atoms with Gasteiger partial charge in [-0.1, -0.05) is 0 Å². The van der Waals surface area contributed by atoms with Gasteiger partial charge in [0, 0.05) is 33.2 Å². The Morgan fingerprint density at radius 2 is 2.24 bits per heavy atom.